The third-order valence-electron chi connectivity index (χ3n) is 4.15. The SMILES string of the molecule is Clc1nccc(N2CCCC3CCCCC32)n1. The number of piperidine rings is 1. The van der Waals surface area contributed by atoms with Gasteiger partial charge in [0.25, 0.3) is 0 Å². The Morgan fingerprint density at radius 3 is 2.88 bits per heavy atom. The Balaban J connectivity index is 1.85. The first-order valence-electron chi connectivity index (χ1n) is 6.60. The Morgan fingerprint density at radius 2 is 2.00 bits per heavy atom. The molecule has 2 heterocycles. The summed E-state index contributed by atoms with van der Waals surface area (Å²) in [6.07, 6.45) is 9.89. The van der Waals surface area contributed by atoms with Gasteiger partial charge in [-0.15, -0.1) is 0 Å². The predicted octanol–water partition coefficient (Wildman–Crippen LogP) is 3.29. The van der Waals surface area contributed by atoms with Crippen LogP contribution in [0.2, 0.25) is 5.28 Å². The zero-order chi connectivity index (χ0) is 11.7. The average molecular weight is 252 g/mol. The van der Waals surface area contributed by atoms with Crippen molar-refractivity contribution in [1.29, 1.82) is 0 Å². The number of fused-ring (bicyclic) bond motifs is 1. The van der Waals surface area contributed by atoms with Gasteiger partial charge < -0.3 is 4.90 Å². The van der Waals surface area contributed by atoms with Crippen LogP contribution in [0.15, 0.2) is 12.3 Å². The fourth-order valence-corrected chi connectivity index (χ4v) is 3.54. The number of anilines is 1. The molecule has 17 heavy (non-hydrogen) atoms. The fourth-order valence-electron chi connectivity index (χ4n) is 3.40. The monoisotopic (exact) mass is 251 g/mol. The second-order valence-electron chi connectivity index (χ2n) is 5.13. The van der Waals surface area contributed by atoms with Gasteiger partial charge in [0.1, 0.15) is 5.82 Å². The molecule has 1 aromatic rings. The van der Waals surface area contributed by atoms with Crippen LogP contribution in [0.4, 0.5) is 5.82 Å². The molecule has 2 unspecified atom stereocenters. The molecular weight excluding hydrogens is 234 g/mol. The Kier molecular flexibility index (Phi) is 3.19. The van der Waals surface area contributed by atoms with Gasteiger partial charge in [-0.2, -0.15) is 0 Å². The number of hydrogen-bond acceptors (Lipinski definition) is 3. The van der Waals surface area contributed by atoms with Gasteiger partial charge in [0.15, 0.2) is 0 Å². The highest BCUT2D eigenvalue weighted by Gasteiger charge is 2.33. The molecule has 0 bridgehead atoms. The van der Waals surface area contributed by atoms with Crippen LogP contribution in [0, 0.1) is 5.92 Å². The van der Waals surface area contributed by atoms with Crippen LogP contribution in [0.3, 0.4) is 0 Å². The maximum absolute atomic E-state index is 5.89. The molecular formula is C13H18ClN3. The van der Waals surface area contributed by atoms with E-state index in [0.29, 0.717) is 11.3 Å². The minimum absolute atomic E-state index is 0.362. The van der Waals surface area contributed by atoms with Crippen LogP contribution in [-0.4, -0.2) is 22.6 Å². The maximum atomic E-state index is 5.89. The summed E-state index contributed by atoms with van der Waals surface area (Å²) in [5, 5.41) is 0.362. The molecule has 0 N–H and O–H groups in total. The van der Waals surface area contributed by atoms with E-state index >= 15 is 0 Å². The first kappa shape index (κ1) is 11.3. The summed E-state index contributed by atoms with van der Waals surface area (Å²) in [7, 11) is 0. The summed E-state index contributed by atoms with van der Waals surface area (Å²) in [5.74, 6) is 1.88. The number of hydrogen-bond donors (Lipinski definition) is 0. The molecule has 2 aliphatic rings. The van der Waals surface area contributed by atoms with Crippen LogP contribution < -0.4 is 4.90 Å². The highest BCUT2D eigenvalue weighted by atomic mass is 35.5. The molecule has 3 rings (SSSR count). The largest absolute Gasteiger partial charge is 0.353 e. The molecule has 0 radical (unpaired) electrons. The highest BCUT2D eigenvalue weighted by molar-refractivity contribution is 6.28. The third-order valence-corrected chi connectivity index (χ3v) is 4.33. The summed E-state index contributed by atoms with van der Waals surface area (Å²) >= 11 is 5.89. The zero-order valence-corrected chi connectivity index (χ0v) is 10.7. The number of halogens is 1. The quantitative estimate of drug-likeness (QED) is 0.718. The van der Waals surface area contributed by atoms with E-state index in [1.165, 1.54) is 38.5 Å². The second kappa shape index (κ2) is 4.81. The molecule has 3 nitrogen and oxygen atoms in total. The summed E-state index contributed by atoms with van der Waals surface area (Å²) < 4.78 is 0. The molecule has 92 valence electrons. The first-order chi connectivity index (χ1) is 8.34. The van der Waals surface area contributed by atoms with Crippen LogP contribution >= 0.6 is 11.6 Å². The van der Waals surface area contributed by atoms with Crippen molar-refractivity contribution in [3.8, 4) is 0 Å². The van der Waals surface area contributed by atoms with E-state index in [9.17, 15) is 0 Å². The molecule has 0 amide bonds. The lowest BCUT2D eigenvalue weighted by molar-refractivity contribution is 0.242. The van der Waals surface area contributed by atoms with Crippen molar-refractivity contribution < 1.29 is 0 Å². The minimum atomic E-state index is 0.362. The Bertz CT molecular complexity index is 394. The lowest BCUT2D eigenvalue weighted by Crippen LogP contribution is -2.47. The normalized spacial score (nSPS) is 28.9. The van der Waals surface area contributed by atoms with Gasteiger partial charge >= 0.3 is 0 Å². The molecule has 1 aliphatic heterocycles. The van der Waals surface area contributed by atoms with Gasteiger partial charge in [-0.3, -0.25) is 0 Å². The van der Waals surface area contributed by atoms with E-state index in [0.717, 1.165) is 18.3 Å². The van der Waals surface area contributed by atoms with Crippen LogP contribution in [0.5, 0.6) is 0 Å². The zero-order valence-electron chi connectivity index (χ0n) is 9.98. The van der Waals surface area contributed by atoms with Crippen LogP contribution in [-0.2, 0) is 0 Å². The van der Waals surface area contributed by atoms with E-state index < -0.39 is 0 Å². The molecule has 2 fully saturated rings. The molecule has 2 atom stereocenters. The summed E-state index contributed by atoms with van der Waals surface area (Å²) in [6, 6.07) is 2.67. The standard InChI is InChI=1S/C13H18ClN3/c14-13-15-8-7-12(16-13)17-9-3-5-10-4-1-2-6-11(10)17/h7-8,10-11H,1-6,9H2. The van der Waals surface area contributed by atoms with Gasteiger partial charge in [-0.1, -0.05) is 12.8 Å². The Labute approximate surface area is 107 Å². The van der Waals surface area contributed by atoms with Crippen molar-refractivity contribution in [3.05, 3.63) is 17.5 Å². The van der Waals surface area contributed by atoms with Crippen molar-refractivity contribution in [2.75, 3.05) is 11.4 Å². The van der Waals surface area contributed by atoms with Crippen molar-refractivity contribution in [1.82, 2.24) is 9.97 Å². The molecule has 4 heteroatoms. The van der Waals surface area contributed by atoms with Crippen LogP contribution in [0.25, 0.3) is 0 Å². The molecule has 0 spiro atoms. The summed E-state index contributed by atoms with van der Waals surface area (Å²) in [4.78, 5) is 10.8. The highest BCUT2D eigenvalue weighted by Crippen LogP contribution is 2.37. The van der Waals surface area contributed by atoms with E-state index in [1.807, 2.05) is 6.07 Å². The minimum Gasteiger partial charge on any atom is -0.353 e. The maximum Gasteiger partial charge on any atom is 0.224 e. The van der Waals surface area contributed by atoms with Gasteiger partial charge in [0.05, 0.1) is 0 Å². The van der Waals surface area contributed by atoms with Crippen molar-refractivity contribution >= 4 is 17.4 Å². The fraction of sp³-hybridized carbons (Fsp3) is 0.692. The van der Waals surface area contributed by atoms with Gasteiger partial charge in [0, 0.05) is 18.8 Å². The topological polar surface area (TPSA) is 29.0 Å². The molecule has 1 saturated carbocycles. The van der Waals surface area contributed by atoms with Crippen molar-refractivity contribution in [3.63, 3.8) is 0 Å². The van der Waals surface area contributed by atoms with Crippen LogP contribution in [0.1, 0.15) is 38.5 Å². The van der Waals surface area contributed by atoms with E-state index in [-0.39, 0.29) is 0 Å². The summed E-state index contributed by atoms with van der Waals surface area (Å²) in [5.41, 5.74) is 0. The van der Waals surface area contributed by atoms with E-state index in [2.05, 4.69) is 14.9 Å². The first-order valence-corrected chi connectivity index (χ1v) is 6.97. The van der Waals surface area contributed by atoms with Crippen molar-refractivity contribution in [2.24, 2.45) is 5.92 Å². The smallest absolute Gasteiger partial charge is 0.224 e. The predicted molar refractivity (Wildman–Crippen MR) is 69.4 cm³/mol. The van der Waals surface area contributed by atoms with Gasteiger partial charge in [-0.05, 0) is 49.3 Å². The van der Waals surface area contributed by atoms with E-state index in [1.54, 1.807) is 6.20 Å². The van der Waals surface area contributed by atoms with Crippen molar-refractivity contribution in [2.45, 2.75) is 44.6 Å². The molecule has 0 aromatic carbocycles. The molecule has 1 aromatic heterocycles. The van der Waals surface area contributed by atoms with E-state index in [4.69, 9.17) is 11.6 Å². The second-order valence-corrected chi connectivity index (χ2v) is 5.47. The third kappa shape index (κ3) is 2.25. The van der Waals surface area contributed by atoms with Gasteiger partial charge in [-0.25, -0.2) is 9.97 Å². The Hall–Kier alpha value is -0.830. The molecule has 1 saturated heterocycles. The number of aromatic nitrogens is 2. The lowest BCUT2D eigenvalue weighted by Gasteiger charge is -2.44. The average Bonchev–Trinajstić information content (AvgIpc) is 2.38. The molecule has 1 aliphatic carbocycles. The number of rotatable bonds is 1. The Morgan fingerprint density at radius 1 is 1.18 bits per heavy atom. The van der Waals surface area contributed by atoms with Gasteiger partial charge in [0.2, 0.25) is 5.28 Å². The lowest BCUT2D eigenvalue weighted by atomic mass is 9.78. The number of nitrogens with zero attached hydrogens (tertiary/aromatic N) is 3. The summed E-state index contributed by atoms with van der Waals surface area (Å²) in [6.45, 7) is 1.12.